The summed E-state index contributed by atoms with van der Waals surface area (Å²) in [5, 5.41) is 59.1. The summed E-state index contributed by atoms with van der Waals surface area (Å²) in [5.74, 6) is -4.32. The summed E-state index contributed by atoms with van der Waals surface area (Å²) in [4.78, 5) is 74.2. The molecule has 15 aromatic carbocycles. The normalized spacial score (nSPS) is 13.2. The van der Waals surface area contributed by atoms with Crippen molar-refractivity contribution >= 4 is 84.3 Å². The summed E-state index contributed by atoms with van der Waals surface area (Å²) in [7, 11) is -2.55. The number of hydrogen-bond acceptors (Lipinski definition) is 10. The zero-order valence-electron chi connectivity index (χ0n) is 85.4. The Kier molecular flexibility index (Phi) is 36.6. The van der Waals surface area contributed by atoms with Gasteiger partial charge in [-0.3, -0.25) is 0 Å². The average molecular weight is 1990 g/mol. The third-order valence-corrected chi connectivity index (χ3v) is 37.4. The Hall–Kier alpha value is -12.6. The van der Waals surface area contributed by atoms with Gasteiger partial charge in [-0.25, -0.2) is 0 Å². The maximum atomic E-state index is 12.0. The molecule has 0 aliphatic heterocycles. The second-order valence-corrected chi connectivity index (χ2v) is 51.1. The fourth-order valence-corrected chi connectivity index (χ4v) is 29.2. The number of aromatic carboxylic acids is 5. The Labute approximate surface area is 862 Å². The molecule has 2 saturated carbocycles. The average Bonchev–Trinajstić information content (AvgIpc) is 0.789. The molecular weight excluding hydrogens is 1860 g/mol. The van der Waals surface area contributed by atoms with Crippen molar-refractivity contribution in [3.05, 3.63) is 447 Å². The number of benzene rings is 15. The van der Waals surface area contributed by atoms with Crippen molar-refractivity contribution in [2.75, 3.05) is 0 Å². The van der Waals surface area contributed by atoms with Crippen molar-refractivity contribution in [3.8, 4) is 0 Å². The van der Waals surface area contributed by atoms with Gasteiger partial charge in [0.1, 0.15) is 0 Å². The van der Waals surface area contributed by atoms with Crippen LogP contribution in [0.3, 0.4) is 0 Å². The first kappa shape index (κ1) is 108. The van der Waals surface area contributed by atoms with Gasteiger partial charge in [0.25, 0.3) is 0 Å². The van der Waals surface area contributed by atoms with Crippen LogP contribution in [0, 0.1) is 34.6 Å². The molecule has 0 radical (unpaired) electrons. The van der Waals surface area contributed by atoms with Crippen molar-refractivity contribution < 1.29 is 49.5 Å². The van der Waals surface area contributed by atoms with E-state index >= 15 is 0 Å². The van der Waals surface area contributed by atoms with E-state index in [0.717, 1.165) is 69.2 Å². The maximum Gasteiger partial charge on any atom is 0.175 e. The molecule has 2 fully saturated rings. The van der Waals surface area contributed by atoms with Crippen LogP contribution in [0.5, 0.6) is 0 Å². The van der Waals surface area contributed by atoms with E-state index in [1.807, 2.05) is 112 Å². The van der Waals surface area contributed by atoms with Crippen molar-refractivity contribution in [3.63, 3.8) is 0 Å². The van der Waals surface area contributed by atoms with E-state index in [4.69, 9.17) is 0 Å². The van der Waals surface area contributed by atoms with Crippen LogP contribution in [0.2, 0.25) is 0 Å². The van der Waals surface area contributed by atoms with Gasteiger partial charge >= 0.3 is 0 Å². The third-order valence-electron chi connectivity index (χ3n) is 26.0. The molecule has 2 aliphatic rings. The largest absolute Gasteiger partial charge is 0.545 e. The van der Waals surface area contributed by atoms with Gasteiger partial charge in [0.05, 0.1) is 112 Å². The molecular formula is C128H132O10S5. The quantitative estimate of drug-likeness (QED) is 0.0588. The van der Waals surface area contributed by atoms with Crippen molar-refractivity contribution in [2.45, 2.75) is 289 Å². The van der Waals surface area contributed by atoms with Gasteiger partial charge < -0.3 is 49.5 Å². The zero-order chi connectivity index (χ0) is 103. The molecule has 15 heteroatoms. The lowest BCUT2D eigenvalue weighted by Crippen LogP contribution is -2.25. The summed E-state index contributed by atoms with van der Waals surface area (Å²) in [5.41, 5.74) is 15.1. The first-order chi connectivity index (χ1) is 68.2. The lowest BCUT2D eigenvalue weighted by molar-refractivity contribution is -0.256. The fourth-order valence-electron chi connectivity index (χ4n) is 18.1. The van der Waals surface area contributed by atoms with Crippen LogP contribution < -0.4 is 25.5 Å². The van der Waals surface area contributed by atoms with Gasteiger partial charge in [0.2, 0.25) is 0 Å². The summed E-state index contributed by atoms with van der Waals surface area (Å²) in [6, 6.07) is 120. The first-order valence-electron chi connectivity index (χ1n) is 49.3. The van der Waals surface area contributed by atoms with E-state index in [2.05, 4.69) is 309 Å². The van der Waals surface area contributed by atoms with E-state index in [9.17, 15) is 49.5 Å². The minimum atomic E-state index is -1.14. The number of carbonyl (C=O) groups is 5. The Morgan fingerprint density at radius 2 is 0.413 bits per heavy atom. The lowest BCUT2D eigenvalue weighted by atomic mass is 9.84. The Morgan fingerprint density at radius 3 is 0.664 bits per heavy atom. The van der Waals surface area contributed by atoms with Gasteiger partial charge in [-0.05, 0) is 320 Å². The topological polar surface area (TPSA) is 201 Å². The van der Waals surface area contributed by atoms with E-state index < -0.39 is 84.3 Å². The third kappa shape index (κ3) is 28.3. The number of carbonyl (C=O) groups excluding carboxylic acids is 5. The van der Waals surface area contributed by atoms with E-state index in [-0.39, 0.29) is 43.9 Å². The summed E-state index contributed by atoms with van der Waals surface area (Å²) in [6.45, 7) is 36.5. The van der Waals surface area contributed by atoms with Crippen molar-refractivity contribution in [2.24, 2.45) is 0 Å². The van der Waals surface area contributed by atoms with Gasteiger partial charge in [0.15, 0.2) is 73.4 Å². The number of aryl methyl sites for hydroxylation is 5. The molecule has 0 amide bonds. The Morgan fingerprint density at radius 1 is 0.203 bits per heavy atom. The SMILES string of the molecule is CC(C)(C)c1ccc([S+](c2ccc(C(C)(C)C)cc2)c2ccccc2C(=O)[O-])cc1.Cc1cc(C)cc([S+](c2ccccc2)c2ccccc2C(=O)[O-])c1.Cc1ccc([S+](c2ccc(C(C)(C)C)cc2)c2ccc(C(C)(C)C)cc2)c(C(=O)[O-])c1.Cc1ccc([S+](c2ccc(C)cc2)c2ccccc2C(=O)[O-])cc1.O=C([O-])c1ccccc1[S+](c1ccc(C2CCCCC2)cc1)c1ccc(C2CCCCC2)cc1. The van der Waals surface area contributed by atoms with Crippen LogP contribution in [-0.2, 0) is 76.1 Å². The monoisotopic (exact) mass is 1990 g/mol. The molecule has 143 heavy (non-hydrogen) atoms. The van der Waals surface area contributed by atoms with Gasteiger partial charge in [0, 0.05) is 0 Å². The van der Waals surface area contributed by atoms with Gasteiger partial charge in [-0.15, -0.1) is 0 Å². The number of rotatable bonds is 22. The summed E-state index contributed by atoms with van der Waals surface area (Å²) >= 11 is 0. The molecule has 0 saturated heterocycles. The van der Waals surface area contributed by atoms with Crippen LogP contribution in [0.4, 0.5) is 0 Å². The fraction of sp³-hybridized carbons (Fsp3) is 0.258. The van der Waals surface area contributed by atoms with E-state index in [1.165, 1.54) is 130 Å². The highest BCUT2D eigenvalue weighted by Crippen LogP contribution is 2.44. The highest BCUT2D eigenvalue weighted by Gasteiger charge is 2.39. The first-order valence-corrected chi connectivity index (χ1v) is 55.4. The smallest absolute Gasteiger partial charge is 0.175 e. The molecule has 0 bridgehead atoms. The Bertz CT molecular complexity index is 6580. The molecule has 17 rings (SSSR count). The zero-order valence-corrected chi connectivity index (χ0v) is 89.5. The molecule has 2 aliphatic carbocycles. The second kappa shape index (κ2) is 48.7. The molecule has 0 spiro atoms. The molecule has 0 N–H and O–H groups in total. The van der Waals surface area contributed by atoms with Gasteiger partial charge in [-0.1, -0.05) is 314 Å². The maximum absolute atomic E-state index is 12.0. The molecule has 0 aromatic heterocycles. The number of hydrogen-bond donors (Lipinski definition) is 0. The van der Waals surface area contributed by atoms with Crippen LogP contribution in [0.15, 0.2) is 431 Å². The van der Waals surface area contributed by atoms with Gasteiger partial charge in [-0.2, -0.15) is 0 Å². The van der Waals surface area contributed by atoms with Crippen LogP contribution >= 0.6 is 0 Å². The standard InChI is InChI=1S/C31H34O2S.C28H32O2S.C27H30O2S.2C21H18O2S/c32-31(33)29-13-7-8-14-30(29)34(27-19-15-25(16-20-27)23-9-3-1-4-10-23)28-21-17-26(18-22-28)24-11-5-2-6-12-24;1-19-8-17-25(24(18-19)26(29)30)31(22-13-9-20(10-14-22)27(2,3)4)23-15-11-21(12-16-23)28(5,6)7;1-26(2,3)19-11-15-21(16-12-19)30(24-10-8-7-9-23(24)25(28)29)22-17-13-20(14-18-22)27(4,5)6;1-15-12-16(2)14-18(13-15)24(17-8-4-3-5-9-17)20-11-7-6-10-19(20)21(22)23;1-15-7-11-17(12-8-15)24(18-13-9-16(2)10-14-18)20-6-4-3-5-19(20)21(22)23/h7-8,13-24H,1-6,9-12H2;8-18H,1-7H3;7-18H,1-6H3;2*3-14H,1-2H3. The molecule has 1 atom stereocenters. The van der Waals surface area contributed by atoms with Crippen LogP contribution in [0.1, 0.15) is 272 Å². The minimum absolute atomic E-state index is 0.0610. The lowest BCUT2D eigenvalue weighted by Gasteiger charge is -2.22. The van der Waals surface area contributed by atoms with Crippen LogP contribution in [0.25, 0.3) is 0 Å². The predicted octanol–water partition coefficient (Wildman–Crippen LogP) is 26.6. The van der Waals surface area contributed by atoms with Crippen LogP contribution in [-0.4, -0.2) is 29.8 Å². The highest BCUT2D eigenvalue weighted by atomic mass is 32.2. The van der Waals surface area contributed by atoms with E-state index in [0.29, 0.717) is 17.4 Å². The minimum Gasteiger partial charge on any atom is -0.545 e. The summed E-state index contributed by atoms with van der Waals surface area (Å²) < 4.78 is 0. The molecule has 15 aromatic rings. The Balaban J connectivity index is 0.000000151. The number of carboxylic acid groups (broad SMARTS) is 5. The molecule has 734 valence electrons. The molecule has 0 heterocycles. The van der Waals surface area contributed by atoms with Crippen molar-refractivity contribution in [1.29, 1.82) is 0 Å². The second-order valence-electron chi connectivity index (χ2n) is 41.1. The molecule has 1 unspecified atom stereocenters. The number of carboxylic acids is 5. The highest BCUT2D eigenvalue weighted by molar-refractivity contribution is 7.98. The molecule has 10 nitrogen and oxygen atoms in total. The van der Waals surface area contributed by atoms with Crippen molar-refractivity contribution in [1.82, 2.24) is 0 Å². The summed E-state index contributed by atoms with van der Waals surface area (Å²) in [6.07, 6.45) is 13.1. The predicted molar refractivity (Wildman–Crippen MR) is 579 cm³/mol. The van der Waals surface area contributed by atoms with E-state index in [1.54, 1.807) is 54.6 Å².